The Labute approximate surface area is 134 Å². The number of carbonyl (C=O) groups excluding carboxylic acids is 1. The lowest BCUT2D eigenvalue weighted by Crippen LogP contribution is -2.40. The molecule has 0 radical (unpaired) electrons. The second kappa shape index (κ2) is 6.98. The Morgan fingerprint density at radius 1 is 1.36 bits per heavy atom. The third-order valence-corrected chi connectivity index (χ3v) is 5.07. The maximum absolute atomic E-state index is 12.6. The molecule has 3 rings (SSSR count). The number of hydrogen-bond donors (Lipinski definition) is 1. The molecule has 0 atom stereocenters. The first-order valence-corrected chi connectivity index (χ1v) is 8.39. The Bertz CT molecular complexity index is 620. The van der Waals surface area contributed by atoms with Gasteiger partial charge in [-0.1, -0.05) is 0 Å². The van der Waals surface area contributed by atoms with Crippen molar-refractivity contribution in [2.24, 2.45) is 5.92 Å². The predicted octanol–water partition coefficient (Wildman–Crippen LogP) is 2.28. The van der Waals surface area contributed by atoms with Gasteiger partial charge in [-0.15, -0.1) is 11.3 Å². The zero-order valence-corrected chi connectivity index (χ0v) is 13.5. The SMILES string of the molecule is CNCC1CCN(C(=O)c2cnc(-c3ccncc3)s2)CC1. The molecule has 3 heterocycles. The highest BCUT2D eigenvalue weighted by Gasteiger charge is 2.24. The van der Waals surface area contributed by atoms with Crippen LogP contribution in [0.4, 0.5) is 0 Å². The Morgan fingerprint density at radius 2 is 2.09 bits per heavy atom. The van der Waals surface area contributed by atoms with Gasteiger partial charge in [0.25, 0.3) is 5.91 Å². The standard InChI is InChI=1S/C16H20N4OS/c1-17-10-12-4-8-20(9-5-12)16(21)14-11-19-15(22-14)13-2-6-18-7-3-13/h2-3,6-7,11-12,17H,4-5,8-10H2,1H3. The van der Waals surface area contributed by atoms with Gasteiger partial charge in [-0.05, 0) is 44.5 Å². The Hall–Kier alpha value is -1.79. The van der Waals surface area contributed by atoms with Crippen molar-refractivity contribution in [3.8, 4) is 10.6 Å². The molecule has 0 aromatic carbocycles. The molecule has 1 aliphatic heterocycles. The van der Waals surface area contributed by atoms with E-state index < -0.39 is 0 Å². The number of thiazole rings is 1. The minimum absolute atomic E-state index is 0.112. The molecule has 6 heteroatoms. The molecule has 0 spiro atoms. The van der Waals surface area contributed by atoms with Crippen LogP contribution in [0.3, 0.4) is 0 Å². The number of nitrogens with zero attached hydrogens (tertiary/aromatic N) is 3. The highest BCUT2D eigenvalue weighted by Crippen LogP contribution is 2.26. The van der Waals surface area contributed by atoms with Gasteiger partial charge in [-0.3, -0.25) is 9.78 Å². The molecule has 2 aromatic heterocycles. The van der Waals surface area contributed by atoms with Gasteiger partial charge in [0, 0.05) is 31.0 Å². The van der Waals surface area contributed by atoms with E-state index in [2.05, 4.69) is 15.3 Å². The largest absolute Gasteiger partial charge is 0.338 e. The van der Waals surface area contributed by atoms with Gasteiger partial charge < -0.3 is 10.2 Å². The average molecular weight is 316 g/mol. The fraction of sp³-hybridized carbons (Fsp3) is 0.438. The van der Waals surface area contributed by atoms with Gasteiger partial charge in [0.2, 0.25) is 0 Å². The number of pyridine rings is 1. The summed E-state index contributed by atoms with van der Waals surface area (Å²) in [5, 5.41) is 4.09. The number of hydrogen-bond acceptors (Lipinski definition) is 5. The lowest BCUT2D eigenvalue weighted by Gasteiger charge is -2.31. The van der Waals surface area contributed by atoms with E-state index in [9.17, 15) is 4.79 Å². The summed E-state index contributed by atoms with van der Waals surface area (Å²) in [5.41, 5.74) is 1.01. The highest BCUT2D eigenvalue weighted by molar-refractivity contribution is 7.16. The summed E-state index contributed by atoms with van der Waals surface area (Å²) in [6.07, 6.45) is 7.32. The third kappa shape index (κ3) is 3.34. The lowest BCUT2D eigenvalue weighted by molar-refractivity contribution is 0.0695. The fourth-order valence-corrected chi connectivity index (χ4v) is 3.68. The molecule has 0 aliphatic carbocycles. The maximum Gasteiger partial charge on any atom is 0.265 e. The van der Waals surface area contributed by atoms with Crippen LogP contribution in [0.25, 0.3) is 10.6 Å². The molecule has 2 aromatic rings. The number of aromatic nitrogens is 2. The van der Waals surface area contributed by atoms with E-state index in [-0.39, 0.29) is 5.91 Å². The number of piperidine rings is 1. The molecule has 1 amide bonds. The van der Waals surface area contributed by atoms with Gasteiger partial charge in [-0.2, -0.15) is 0 Å². The third-order valence-electron chi connectivity index (χ3n) is 4.04. The zero-order chi connectivity index (χ0) is 15.4. The number of nitrogens with one attached hydrogen (secondary N) is 1. The van der Waals surface area contributed by atoms with Crippen molar-refractivity contribution in [2.45, 2.75) is 12.8 Å². The quantitative estimate of drug-likeness (QED) is 0.940. The summed E-state index contributed by atoms with van der Waals surface area (Å²) >= 11 is 1.46. The molecule has 1 saturated heterocycles. The van der Waals surface area contributed by atoms with Crippen LogP contribution in [-0.4, -0.2) is 47.5 Å². The minimum atomic E-state index is 0.112. The molecular weight excluding hydrogens is 296 g/mol. The van der Waals surface area contributed by atoms with E-state index in [0.717, 1.165) is 47.9 Å². The van der Waals surface area contributed by atoms with Crippen LogP contribution >= 0.6 is 11.3 Å². The first-order valence-electron chi connectivity index (χ1n) is 7.58. The van der Waals surface area contributed by atoms with E-state index in [0.29, 0.717) is 5.92 Å². The van der Waals surface area contributed by atoms with Crippen molar-refractivity contribution in [3.05, 3.63) is 35.6 Å². The van der Waals surface area contributed by atoms with Gasteiger partial charge in [0.1, 0.15) is 9.88 Å². The van der Waals surface area contributed by atoms with Crippen LogP contribution in [-0.2, 0) is 0 Å². The summed E-state index contributed by atoms with van der Waals surface area (Å²) < 4.78 is 0. The molecule has 116 valence electrons. The monoisotopic (exact) mass is 316 g/mol. The molecule has 1 N–H and O–H groups in total. The molecule has 1 fully saturated rings. The Balaban J connectivity index is 1.65. The molecule has 0 saturated carbocycles. The normalized spacial score (nSPS) is 16.0. The van der Waals surface area contributed by atoms with Crippen molar-refractivity contribution < 1.29 is 4.79 Å². The van der Waals surface area contributed by atoms with Crippen LogP contribution in [0, 0.1) is 5.92 Å². The summed E-state index contributed by atoms with van der Waals surface area (Å²) in [6.45, 7) is 2.72. The number of carbonyl (C=O) groups is 1. The van der Waals surface area contributed by atoms with Crippen molar-refractivity contribution in [3.63, 3.8) is 0 Å². The first kappa shape index (κ1) is 15.1. The van der Waals surface area contributed by atoms with Crippen molar-refractivity contribution in [1.29, 1.82) is 0 Å². The van der Waals surface area contributed by atoms with Gasteiger partial charge in [0.05, 0.1) is 6.20 Å². The van der Waals surface area contributed by atoms with Gasteiger partial charge in [-0.25, -0.2) is 4.98 Å². The maximum atomic E-state index is 12.6. The lowest BCUT2D eigenvalue weighted by atomic mass is 9.97. The Morgan fingerprint density at radius 3 is 2.77 bits per heavy atom. The zero-order valence-electron chi connectivity index (χ0n) is 12.7. The van der Waals surface area contributed by atoms with Crippen LogP contribution in [0.5, 0.6) is 0 Å². The number of amides is 1. The van der Waals surface area contributed by atoms with E-state index in [4.69, 9.17) is 0 Å². The second-order valence-corrected chi connectivity index (χ2v) is 6.59. The van der Waals surface area contributed by atoms with Crippen molar-refractivity contribution >= 4 is 17.2 Å². The van der Waals surface area contributed by atoms with E-state index >= 15 is 0 Å². The predicted molar refractivity (Wildman–Crippen MR) is 87.9 cm³/mol. The summed E-state index contributed by atoms with van der Waals surface area (Å²) in [5.74, 6) is 0.795. The summed E-state index contributed by atoms with van der Waals surface area (Å²) in [7, 11) is 1.98. The molecule has 0 unspecified atom stereocenters. The topological polar surface area (TPSA) is 58.1 Å². The second-order valence-electron chi connectivity index (χ2n) is 5.56. The molecule has 22 heavy (non-hydrogen) atoms. The van der Waals surface area contributed by atoms with Gasteiger partial charge >= 0.3 is 0 Å². The van der Waals surface area contributed by atoms with Gasteiger partial charge in [0.15, 0.2) is 0 Å². The van der Waals surface area contributed by atoms with Crippen LogP contribution in [0.1, 0.15) is 22.5 Å². The molecule has 5 nitrogen and oxygen atoms in total. The Kier molecular flexibility index (Phi) is 4.80. The number of rotatable bonds is 4. The van der Waals surface area contributed by atoms with Crippen LogP contribution in [0.15, 0.2) is 30.7 Å². The van der Waals surface area contributed by atoms with Crippen molar-refractivity contribution in [1.82, 2.24) is 20.2 Å². The van der Waals surface area contributed by atoms with E-state index in [1.165, 1.54) is 11.3 Å². The first-order chi connectivity index (χ1) is 10.8. The van der Waals surface area contributed by atoms with Crippen LogP contribution < -0.4 is 5.32 Å². The van der Waals surface area contributed by atoms with Crippen molar-refractivity contribution in [2.75, 3.05) is 26.7 Å². The summed E-state index contributed by atoms with van der Waals surface area (Å²) in [4.78, 5) is 23.6. The fourth-order valence-electron chi connectivity index (χ4n) is 2.79. The minimum Gasteiger partial charge on any atom is -0.338 e. The van der Waals surface area contributed by atoms with E-state index in [1.54, 1.807) is 18.6 Å². The highest BCUT2D eigenvalue weighted by atomic mass is 32.1. The molecular formula is C16H20N4OS. The smallest absolute Gasteiger partial charge is 0.265 e. The van der Waals surface area contributed by atoms with Crippen LogP contribution in [0.2, 0.25) is 0 Å². The van der Waals surface area contributed by atoms with E-state index in [1.807, 2.05) is 24.1 Å². The molecule has 1 aliphatic rings. The summed E-state index contributed by atoms with van der Waals surface area (Å²) in [6, 6.07) is 3.83. The average Bonchev–Trinajstić information content (AvgIpc) is 3.06. The number of likely N-dealkylation sites (tertiary alicyclic amines) is 1. The molecule has 0 bridgehead atoms.